The molecule has 130 valence electrons. The maximum absolute atomic E-state index is 12.5. The van der Waals surface area contributed by atoms with E-state index in [1.807, 2.05) is 35.7 Å². The van der Waals surface area contributed by atoms with Gasteiger partial charge >= 0.3 is 0 Å². The van der Waals surface area contributed by atoms with Crippen molar-refractivity contribution in [1.82, 2.24) is 15.0 Å². The minimum Gasteiger partial charge on any atom is -0.454 e. The molecule has 0 bridgehead atoms. The second kappa shape index (κ2) is 6.30. The van der Waals surface area contributed by atoms with E-state index in [4.69, 9.17) is 4.42 Å². The largest absolute Gasteiger partial charge is 0.454 e. The number of fused-ring (bicyclic) bond motifs is 2. The lowest BCUT2D eigenvalue weighted by Gasteiger charge is -2.02. The van der Waals surface area contributed by atoms with Crippen LogP contribution < -0.4 is 5.32 Å². The van der Waals surface area contributed by atoms with E-state index in [2.05, 4.69) is 20.3 Å². The zero-order chi connectivity index (χ0) is 18.2. The summed E-state index contributed by atoms with van der Waals surface area (Å²) in [5, 5.41) is 6.21. The molecule has 0 atom stereocenters. The van der Waals surface area contributed by atoms with Crippen molar-refractivity contribution in [2.24, 2.45) is 0 Å². The Morgan fingerprint density at radius 2 is 1.85 bits per heavy atom. The third-order valence-corrected chi connectivity index (χ3v) is 4.89. The van der Waals surface area contributed by atoms with Crippen LogP contribution in [0.3, 0.4) is 0 Å². The Balaban J connectivity index is 1.39. The molecular weight excluding hydrogens is 360 g/mol. The highest BCUT2D eigenvalue weighted by Gasteiger charge is 2.13. The van der Waals surface area contributed by atoms with Crippen molar-refractivity contribution in [2.45, 2.75) is 0 Å². The van der Waals surface area contributed by atoms with Crippen LogP contribution in [0, 0.1) is 0 Å². The summed E-state index contributed by atoms with van der Waals surface area (Å²) in [7, 11) is 0. The number of hydrogen-bond acceptors (Lipinski definition) is 6. The van der Waals surface area contributed by atoms with E-state index in [9.17, 15) is 4.79 Å². The van der Waals surface area contributed by atoms with Crippen molar-refractivity contribution in [1.29, 1.82) is 0 Å². The number of rotatable bonds is 3. The van der Waals surface area contributed by atoms with Gasteiger partial charge in [0, 0.05) is 28.7 Å². The summed E-state index contributed by atoms with van der Waals surface area (Å²) in [4.78, 5) is 25.4. The fourth-order valence-corrected chi connectivity index (χ4v) is 3.52. The van der Waals surface area contributed by atoms with Crippen molar-refractivity contribution >= 4 is 44.4 Å². The molecule has 7 heteroatoms. The van der Waals surface area contributed by atoms with Crippen LogP contribution in [-0.2, 0) is 0 Å². The molecule has 1 amide bonds. The van der Waals surface area contributed by atoms with Crippen LogP contribution in [-0.4, -0.2) is 20.9 Å². The van der Waals surface area contributed by atoms with E-state index in [0.29, 0.717) is 27.7 Å². The zero-order valence-electron chi connectivity index (χ0n) is 13.9. The van der Waals surface area contributed by atoms with Gasteiger partial charge in [-0.2, -0.15) is 0 Å². The molecule has 3 heterocycles. The molecule has 0 unspecified atom stereocenters. The fraction of sp³-hybridized carbons (Fsp3) is 0. The number of nitrogens with one attached hydrogen (secondary N) is 1. The molecule has 0 aliphatic rings. The normalized spacial score (nSPS) is 11.1. The predicted octanol–water partition coefficient (Wildman–Crippen LogP) is 4.75. The molecule has 1 N–H and O–H groups in total. The minimum absolute atomic E-state index is 0.243. The van der Waals surface area contributed by atoms with Crippen LogP contribution >= 0.6 is 11.3 Å². The van der Waals surface area contributed by atoms with E-state index in [-0.39, 0.29) is 5.91 Å². The van der Waals surface area contributed by atoms with Crippen LogP contribution in [0.2, 0.25) is 0 Å². The van der Waals surface area contributed by atoms with Crippen molar-refractivity contribution < 1.29 is 9.21 Å². The second-order valence-electron chi connectivity index (χ2n) is 5.90. The highest BCUT2D eigenvalue weighted by molar-refractivity contribution is 7.14. The molecule has 2 aromatic carbocycles. The standard InChI is InChI=1S/C20H12N4O2S/c25-19(13-5-6-14-15(9-13)22-8-7-21-14)24-20-23-16(11-27-20)18-10-12-3-1-2-4-17(12)26-18/h1-11H,(H,23,24,25). The fourth-order valence-electron chi connectivity index (χ4n) is 2.83. The summed E-state index contributed by atoms with van der Waals surface area (Å²) < 4.78 is 5.82. The van der Waals surface area contributed by atoms with Crippen molar-refractivity contribution in [2.75, 3.05) is 5.32 Å². The molecule has 0 aliphatic heterocycles. The van der Waals surface area contributed by atoms with Crippen LogP contribution in [0.15, 0.2) is 70.7 Å². The Kier molecular flexibility index (Phi) is 3.65. The number of nitrogens with zero attached hydrogens (tertiary/aromatic N) is 3. The Bertz CT molecular complexity index is 1260. The molecule has 27 heavy (non-hydrogen) atoms. The van der Waals surface area contributed by atoms with Gasteiger partial charge < -0.3 is 4.42 Å². The Hall–Kier alpha value is -3.58. The molecule has 0 radical (unpaired) electrons. The second-order valence-corrected chi connectivity index (χ2v) is 6.76. The number of furan rings is 1. The lowest BCUT2D eigenvalue weighted by molar-refractivity contribution is 0.102. The van der Waals surface area contributed by atoms with Gasteiger partial charge in [0.1, 0.15) is 11.3 Å². The van der Waals surface area contributed by atoms with Crippen LogP contribution in [0.1, 0.15) is 10.4 Å². The average molecular weight is 372 g/mol. The number of thiazole rings is 1. The Labute approximate surface area is 157 Å². The molecule has 6 nitrogen and oxygen atoms in total. The van der Waals surface area contributed by atoms with Gasteiger partial charge in [0.05, 0.1) is 11.0 Å². The van der Waals surface area contributed by atoms with E-state index in [1.165, 1.54) is 11.3 Å². The van der Waals surface area contributed by atoms with Gasteiger partial charge in [-0.1, -0.05) is 18.2 Å². The third-order valence-electron chi connectivity index (χ3n) is 4.13. The number of amides is 1. The molecular formula is C20H12N4O2S. The molecule has 5 aromatic rings. The van der Waals surface area contributed by atoms with Crippen molar-refractivity contribution in [3.05, 3.63) is 71.9 Å². The van der Waals surface area contributed by atoms with Crippen LogP contribution in [0.4, 0.5) is 5.13 Å². The quantitative estimate of drug-likeness (QED) is 0.494. The SMILES string of the molecule is O=C(Nc1nc(-c2cc3ccccc3o2)cs1)c1ccc2nccnc2c1. The van der Waals surface area contributed by atoms with E-state index >= 15 is 0 Å². The molecule has 5 rings (SSSR count). The number of benzene rings is 2. The first kappa shape index (κ1) is 15.7. The summed E-state index contributed by atoms with van der Waals surface area (Å²) in [5.41, 5.74) is 3.42. The molecule has 3 aromatic heterocycles. The van der Waals surface area contributed by atoms with Gasteiger partial charge in [0.25, 0.3) is 5.91 Å². The highest BCUT2D eigenvalue weighted by Crippen LogP contribution is 2.30. The van der Waals surface area contributed by atoms with Crippen LogP contribution in [0.25, 0.3) is 33.5 Å². The third kappa shape index (κ3) is 2.94. The Morgan fingerprint density at radius 1 is 1.00 bits per heavy atom. The first-order valence-electron chi connectivity index (χ1n) is 8.23. The Morgan fingerprint density at radius 3 is 2.74 bits per heavy atom. The summed E-state index contributed by atoms with van der Waals surface area (Å²) in [6.07, 6.45) is 3.22. The molecule has 0 spiro atoms. The lowest BCUT2D eigenvalue weighted by atomic mass is 10.2. The zero-order valence-corrected chi connectivity index (χ0v) is 14.7. The number of hydrogen-bond donors (Lipinski definition) is 1. The molecule has 0 aliphatic carbocycles. The molecule has 0 saturated heterocycles. The highest BCUT2D eigenvalue weighted by atomic mass is 32.1. The maximum atomic E-state index is 12.5. The van der Waals surface area contributed by atoms with Crippen molar-refractivity contribution in [3.63, 3.8) is 0 Å². The number of carbonyl (C=O) groups is 1. The van der Waals surface area contributed by atoms with Gasteiger partial charge in [0.15, 0.2) is 10.9 Å². The summed E-state index contributed by atoms with van der Waals surface area (Å²) in [6.45, 7) is 0. The van der Waals surface area contributed by atoms with Gasteiger partial charge in [-0.15, -0.1) is 11.3 Å². The van der Waals surface area contributed by atoms with Gasteiger partial charge in [-0.3, -0.25) is 20.1 Å². The van der Waals surface area contributed by atoms with Gasteiger partial charge in [0.2, 0.25) is 0 Å². The topological polar surface area (TPSA) is 80.9 Å². The molecule has 0 fully saturated rings. The van der Waals surface area contributed by atoms with E-state index < -0.39 is 0 Å². The van der Waals surface area contributed by atoms with E-state index in [0.717, 1.165) is 16.5 Å². The summed E-state index contributed by atoms with van der Waals surface area (Å²) >= 11 is 1.35. The smallest absolute Gasteiger partial charge is 0.257 e. The number of aromatic nitrogens is 3. The number of para-hydroxylation sites is 1. The summed E-state index contributed by atoms with van der Waals surface area (Å²) in [5.74, 6) is 0.432. The number of anilines is 1. The average Bonchev–Trinajstić information content (AvgIpc) is 3.34. The van der Waals surface area contributed by atoms with Crippen molar-refractivity contribution in [3.8, 4) is 11.5 Å². The number of carbonyl (C=O) groups excluding carboxylic acids is 1. The van der Waals surface area contributed by atoms with Gasteiger partial charge in [-0.05, 0) is 30.3 Å². The van der Waals surface area contributed by atoms with Crippen LogP contribution in [0.5, 0.6) is 0 Å². The maximum Gasteiger partial charge on any atom is 0.257 e. The lowest BCUT2D eigenvalue weighted by Crippen LogP contribution is -2.11. The first-order valence-corrected chi connectivity index (χ1v) is 9.11. The monoisotopic (exact) mass is 372 g/mol. The minimum atomic E-state index is -0.243. The molecule has 0 saturated carbocycles. The first-order chi connectivity index (χ1) is 13.3. The predicted molar refractivity (Wildman–Crippen MR) is 105 cm³/mol. The van der Waals surface area contributed by atoms with Gasteiger partial charge in [-0.25, -0.2) is 4.98 Å². The van der Waals surface area contributed by atoms with E-state index in [1.54, 1.807) is 30.6 Å². The summed E-state index contributed by atoms with van der Waals surface area (Å²) in [6, 6.07) is 14.9.